The van der Waals surface area contributed by atoms with E-state index in [1.807, 2.05) is 24.3 Å². The molecule has 17 heavy (non-hydrogen) atoms. The van der Waals surface area contributed by atoms with Gasteiger partial charge < -0.3 is 5.32 Å². The second-order valence-electron chi connectivity index (χ2n) is 3.70. The van der Waals surface area contributed by atoms with Gasteiger partial charge in [-0.3, -0.25) is 0 Å². The number of nitrogens with zero attached hydrogens (tertiary/aromatic N) is 1. The zero-order chi connectivity index (χ0) is 12.3. The van der Waals surface area contributed by atoms with Crippen molar-refractivity contribution in [2.45, 2.75) is 13.0 Å². The zero-order valence-electron chi connectivity index (χ0n) is 9.27. The van der Waals surface area contributed by atoms with Crippen molar-refractivity contribution in [3.05, 3.63) is 51.2 Å². The molecule has 0 saturated heterocycles. The SMILES string of the molecule is CC(Nc1ccc(C#N)cc1)c1ccc(Cl)s1. The Morgan fingerprint density at radius 1 is 1.24 bits per heavy atom. The maximum atomic E-state index is 8.71. The van der Waals surface area contributed by atoms with E-state index in [-0.39, 0.29) is 6.04 Å². The van der Waals surface area contributed by atoms with Crippen LogP contribution in [0.1, 0.15) is 23.4 Å². The molecule has 4 heteroatoms. The standard InChI is InChI=1S/C13H11ClN2S/c1-9(12-6-7-13(14)17-12)16-11-4-2-10(8-15)3-5-11/h2-7,9,16H,1H3. The van der Waals surface area contributed by atoms with Gasteiger partial charge in [-0.05, 0) is 43.3 Å². The second-order valence-corrected chi connectivity index (χ2v) is 5.44. The summed E-state index contributed by atoms with van der Waals surface area (Å²) in [6.07, 6.45) is 0. The zero-order valence-corrected chi connectivity index (χ0v) is 10.8. The summed E-state index contributed by atoms with van der Waals surface area (Å²) in [5.74, 6) is 0. The van der Waals surface area contributed by atoms with E-state index >= 15 is 0 Å². The highest BCUT2D eigenvalue weighted by atomic mass is 35.5. The van der Waals surface area contributed by atoms with Gasteiger partial charge in [-0.2, -0.15) is 5.26 Å². The Kier molecular flexibility index (Phi) is 3.68. The predicted molar refractivity (Wildman–Crippen MR) is 72.5 cm³/mol. The van der Waals surface area contributed by atoms with Gasteiger partial charge in [-0.1, -0.05) is 11.6 Å². The normalized spacial score (nSPS) is 11.8. The van der Waals surface area contributed by atoms with E-state index in [2.05, 4.69) is 18.3 Å². The van der Waals surface area contributed by atoms with Crippen LogP contribution in [0.5, 0.6) is 0 Å². The fraction of sp³-hybridized carbons (Fsp3) is 0.154. The molecule has 2 rings (SSSR count). The molecule has 0 aliphatic carbocycles. The third-order valence-corrected chi connectivity index (χ3v) is 3.83. The van der Waals surface area contributed by atoms with Crippen LogP contribution in [0.4, 0.5) is 5.69 Å². The molecular formula is C13H11ClN2S. The lowest BCUT2D eigenvalue weighted by Gasteiger charge is -2.13. The van der Waals surface area contributed by atoms with Gasteiger partial charge in [-0.25, -0.2) is 0 Å². The molecule has 0 aliphatic heterocycles. The predicted octanol–water partition coefficient (Wildman–Crippen LogP) is 4.45. The maximum absolute atomic E-state index is 8.71. The van der Waals surface area contributed by atoms with Crippen molar-refractivity contribution in [1.82, 2.24) is 0 Å². The molecule has 1 unspecified atom stereocenters. The van der Waals surface area contributed by atoms with Gasteiger partial charge in [-0.15, -0.1) is 11.3 Å². The van der Waals surface area contributed by atoms with Gasteiger partial charge in [0, 0.05) is 10.6 Å². The number of thiophene rings is 1. The van der Waals surface area contributed by atoms with Crippen molar-refractivity contribution in [3.63, 3.8) is 0 Å². The van der Waals surface area contributed by atoms with Gasteiger partial charge in [0.25, 0.3) is 0 Å². The summed E-state index contributed by atoms with van der Waals surface area (Å²) in [7, 11) is 0. The second kappa shape index (κ2) is 5.22. The highest BCUT2D eigenvalue weighted by Crippen LogP contribution is 2.28. The molecule has 0 radical (unpaired) electrons. The maximum Gasteiger partial charge on any atom is 0.0991 e. The number of anilines is 1. The van der Waals surface area contributed by atoms with Crippen molar-refractivity contribution < 1.29 is 0 Å². The molecule has 2 aromatic rings. The van der Waals surface area contributed by atoms with E-state index in [0.717, 1.165) is 10.0 Å². The number of hydrogen-bond acceptors (Lipinski definition) is 3. The van der Waals surface area contributed by atoms with Crippen LogP contribution in [0.25, 0.3) is 0 Å². The van der Waals surface area contributed by atoms with Crippen LogP contribution in [0.2, 0.25) is 4.34 Å². The van der Waals surface area contributed by atoms with E-state index in [1.165, 1.54) is 4.88 Å². The quantitative estimate of drug-likeness (QED) is 0.887. The average Bonchev–Trinajstić information content (AvgIpc) is 2.77. The topological polar surface area (TPSA) is 35.8 Å². The lowest BCUT2D eigenvalue weighted by molar-refractivity contribution is 0.908. The van der Waals surface area contributed by atoms with E-state index in [0.29, 0.717) is 5.56 Å². The molecule has 2 nitrogen and oxygen atoms in total. The third kappa shape index (κ3) is 3.00. The summed E-state index contributed by atoms with van der Waals surface area (Å²) in [6.45, 7) is 2.08. The molecule has 86 valence electrons. The first-order chi connectivity index (χ1) is 8.19. The lowest BCUT2D eigenvalue weighted by atomic mass is 10.2. The molecule has 0 aliphatic rings. The number of nitriles is 1. The molecule has 1 heterocycles. The highest BCUT2D eigenvalue weighted by Gasteiger charge is 2.07. The van der Waals surface area contributed by atoms with Crippen molar-refractivity contribution in [2.24, 2.45) is 0 Å². The Bertz CT molecular complexity index is 539. The first-order valence-corrected chi connectivity index (χ1v) is 6.40. The monoisotopic (exact) mass is 262 g/mol. The summed E-state index contributed by atoms with van der Waals surface area (Å²) < 4.78 is 0.800. The van der Waals surface area contributed by atoms with Gasteiger partial charge in [0.1, 0.15) is 0 Å². The van der Waals surface area contributed by atoms with E-state index in [9.17, 15) is 0 Å². The Morgan fingerprint density at radius 2 is 1.94 bits per heavy atom. The summed E-state index contributed by atoms with van der Waals surface area (Å²) in [5, 5.41) is 12.1. The van der Waals surface area contributed by atoms with Crippen LogP contribution in [0.3, 0.4) is 0 Å². The van der Waals surface area contributed by atoms with Gasteiger partial charge in [0.15, 0.2) is 0 Å². The molecule has 1 atom stereocenters. The van der Waals surface area contributed by atoms with Crippen molar-refractivity contribution in [2.75, 3.05) is 5.32 Å². The van der Waals surface area contributed by atoms with Crippen LogP contribution < -0.4 is 5.32 Å². The summed E-state index contributed by atoms with van der Waals surface area (Å²) >= 11 is 7.48. The fourth-order valence-electron chi connectivity index (χ4n) is 1.52. The molecule has 0 fully saturated rings. The largest absolute Gasteiger partial charge is 0.378 e. The van der Waals surface area contributed by atoms with Crippen molar-refractivity contribution >= 4 is 28.6 Å². The highest BCUT2D eigenvalue weighted by molar-refractivity contribution is 7.16. The number of benzene rings is 1. The minimum Gasteiger partial charge on any atom is -0.378 e. The smallest absolute Gasteiger partial charge is 0.0991 e. The molecule has 0 spiro atoms. The molecule has 1 N–H and O–H groups in total. The minimum atomic E-state index is 0.209. The van der Waals surface area contributed by atoms with E-state index < -0.39 is 0 Å². The van der Waals surface area contributed by atoms with Crippen molar-refractivity contribution in [3.8, 4) is 6.07 Å². The first kappa shape index (κ1) is 12.0. The number of halogens is 1. The van der Waals surface area contributed by atoms with Crippen LogP contribution in [-0.2, 0) is 0 Å². The van der Waals surface area contributed by atoms with Gasteiger partial charge >= 0.3 is 0 Å². The molecule has 1 aromatic heterocycles. The average molecular weight is 263 g/mol. The van der Waals surface area contributed by atoms with Crippen LogP contribution in [0, 0.1) is 11.3 Å². The molecular weight excluding hydrogens is 252 g/mol. The molecule has 0 saturated carbocycles. The van der Waals surface area contributed by atoms with E-state index in [1.54, 1.807) is 23.5 Å². The molecule has 1 aromatic carbocycles. The minimum absolute atomic E-state index is 0.209. The Morgan fingerprint density at radius 3 is 2.47 bits per heavy atom. The Labute approximate surface area is 109 Å². The first-order valence-electron chi connectivity index (χ1n) is 5.21. The summed E-state index contributed by atoms with van der Waals surface area (Å²) in [6, 6.07) is 13.6. The Balaban J connectivity index is 2.08. The number of hydrogen-bond donors (Lipinski definition) is 1. The van der Waals surface area contributed by atoms with Gasteiger partial charge in [0.2, 0.25) is 0 Å². The van der Waals surface area contributed by atoms with Crippen LogP contribution in [-0.4, -0.2) is 0 Å². The van der Waals surface area contributed by atoms with Gasteiger partial charge in [0.05, 0.1) is 22.0 Å². The summed E-state index contributed by atoms with van der Waals surface area (Å²) in [5.41, 5.74) is 1.67. The molecule has 0 amide bonds. The third-order valence-electron chi connectivity index (χ3n) is 2.42. The van der Waals surface area contributed by atoms with Crippen molar-refractivity contribution in [1.29, 1.82) is 5.26 Å². The van der Waals surface area contributed by atoms with E-state index in [4.69, 9.17) is 16.9 Å². The lowest BCUT2D eigenvalue weighted by Crippen LogP contribution is -2.04. The number of rotatable bonds is 3. The molecule has 0 bridgehead atoms. The number of nitrogens with one attached hydrogen (secondary N) is 1. The summed E-state index contributed by atoms with van der Waals surface area (Å²) in [4.78, 5) is 1.19. The van der Waals surface area contributed by atoms with Crippen LogP contribution in [0.15, 0.2) is 36.4 Å². The fourth-order valence-corrected chi connectivity index (χ4v) is 2.59. The van der Waals surface area contributed by atoms with Crippen LogP contribution >= 0.6 is 22.9 Å². The Hall–Kier alpha value is -1.50.